The zero-order valence-electron chi connectivity index (χ0n) is 10.6. The minimum Gasteiger partial charge on any atom is -0.393 e. The van der Waals surface area contributed by atoms with Crippen LogP contribution in [0.15, 0.2) is 5.16 Å². The Hall–Kier alpha value is -1.12. The highest BCUT2D eigenvalue weighted by Crippen LogP contribution is 1.93. The Bertz CT molecular complexity index is 279. The summed E-state index contributed by atoms with van der Waals surface area (Å²) in [7, 11) is 0. The van der Waals surface area contributed by atoms with Crippen molar-refractivity contribution in [2.24, 2.45) is 16.6 Å². The molecule has 0 aromatic rings. The first kappa shape index (κ1) is 17.9. The van der Waals surface area contributed by atoms with E-state index in [1.54, 1.807) is 0 Å². The normalized spacial score (nSPS) is 11.2. The molecule has 0 rings (SSSR count). The van der Waals surface area contributed by atoms with Gasteiger partial charge in [-0.25, -0.2) is 5.43 Å². The van der Waals surface area contributed by atoms with E-state index >= 15 is 0 Å². The third-order valence-corrected chi connectivity index (χ3v) is 2.25. The number of nitrogens with one attached hydrogen (secondary N) is 2. The highest BCUT2D eigenvalue weighted by Gasteiger charge is 2.08. The molecule has 0 unspecified atom stereocenters. The second-order valence-corrected chi connectivity index (χ2v) is 4.13. The van der Waals surface area contributed by atoms with Gasteiger partial charge in [0.2, 0.25) is 5.96 Å². The number of hydrazine groups is 1. The summed E-state index contributed by atoms with van der Waals surface area (Å²) in [4.78, 5) is 10.0. The number of guanidine groups is 2. The molecule has 10 heteroatoms. The van der Waals surface area contributed by atoms with Gasteiger partial charge in [-0.1, -0.05) is 0 Å². The van der Waals surface area contributed by atoms with E-state index in [9.17, 15) is 0 Å². The molecule has 0 radical (unpaired) electrons. The average Bonchev–Trinajstić information content (AvgIpc) is 2.37. The quantitative estimate of drug-likeness (QED) is 0.162. The molecule has 0 aliphatic carbocycles. The van der Waals surface area contributed by atoms with Crippen molar-refractivity contribution >= 4 is 35.1 Å². The van der Waals surface area contributed by atoms with Crippen LogP contribution in [0.25, 0.3) is 0 Å². The van der Waals surface area contributed by atoms with Crippen LogP contribution in [0.3, 0.4) is 0 Å². The zero-order valence-corrected chi connectivity index (χ0v) is 12.1. The lowest BCUT2D eigenvalue weighted by atomic mass is 10.4. The van der Waals surface area contributed by atoms with Crippen molar-refractivity contribution in [1.29, 1.82) is 5.41 Å². The van der Waals surface area contributed by atoms with Gasteiger partial charge in [0.1, 0.15) is 6.61 Å². The van der Waals surface area contributed by atoms with Gasteiger partial charge in [-0.15, -0.1) is 28.4 Å². The van der Waals surface area contributed by atoms with Crippen LogP contribution in [0.2, 0.25) is 0 Å². The number of alkyl halides is 2. The minimum atomic E-state index is -0.366. The summed E-state index contributed by atoms with van der Waals surface area (Å²) < 4.78 is 0. The lowest BCUT2D eigenvalue weighted by Gasteiger charge is -2.21. The number of rotatable bonds is 9. The molecule has 112 valence electrons. The van der Waals surface area contributed by atoms with Crippen molar-refractivity contribution < 1.29 is 9.68 Å². The second-order valence-electron chi connectivity index (χ2n) is 3.37. The molecule has 0 heterocycles. The summed E-state index contributed by atoms with van der Waals surface area (Å²) in [6.45, 7) is 0.697. The molecule has 0 atom stereocenters. The fraction of sp³-hybridized carbons (Fsp3) is 0.778. The molecule has 0 amide bonds. The van der Waals surface area contributed by atoms with Gasteiger partial charge < -0.3 is 16.3 Å². The first-order valence-corrected chi connectivity index (χ1v) is 6.79. The van der Waals surface area contributed by atoms with Gasteiger partial charge in [-0.2, -0.15) is 0 Å². The Kier molecular flexibility index (Phi) is 11.2. The molecule has 0 saturated heterocycles. The molecule has 0 aliphatic rings. The smallest absolute Gasteiger partial charge is 0.251 e. The summed E-state index contributed by atoms with van der Waals surface area (Å²) in [5.41, 5.74) is 13.3. The Morgan fingerprint density at radius 3 is 2.42 bits per heavy atom. The van der Waals surface area contributed by atoms with Crippen molar-refractivity contribution in [2.45, 2.75) is 19.3 Å². The Morgan fingerprint density at radius 1 is 1.16 bits per heavy atom. The fourth-order valence-corrected chi connectivity index (χ4v) is 1.17. The number of oxime groups is 1. The second kappa shape index (κ2) is 11.9. The van der Waals surface area contributed by atoms with Gasteiger partial charge in [0, 0.05) is 11.8 Å². The van der Waals surface area contributed by atoms with Crippen LogP contribution in [0.1, 0.15) is 19.3 Å². The number of unbranched alkanes of at least 4 members (excludes halogenated alkanes) is 1. The molecule has 0 bridgehead atoms. The number of hydrogen-bond acceptors (Lipinski definition) is 4. The van der Waals surface area contributed by atoms with Crippen molar-refractivity contribution in [3.8, 4) is 0 Å². The molecule has 0 spiro atoms. The van der Waals surface area contributed by atoms with Crippen molar-refractivity contribution in [3.63, 3.8) is 0 Å². The SMILES string of the molecule is N=C(N)N(NC(N)=NOCCCCCl)OCCCCl. The third-order valence-electron chi connectivity index (χ3n) is 1.72. The van der Waals surface area contributed by atoms with E-state index in [0.717, 1.165) is 18.0 Å². The maximum atomic E-state index is 7.27. The monoisotopic (exact) mass is 314 g/mol. The fourth-order valence-electron chi connectivity index (χ4n) is 0.873. The van der Waals surface area contributed by atoms with Crippen molar-refractivity contribution in [1.82, 2.24) is 10.6 Å². The lowest BCUT2D eigenvalue weighted by Crippen LogP contribution is -2.51. The predicted octanol–water partition coefficient (Wildman–Crippen LogP) is 0.512. The van der Waals surface area contributed by atoms with E-state index in [-0.39, 0.29) is 11.9 Å². The van der Waals surface area contributed by atoms with Gasteiger partial charge in [0.15, 0.2) is 0 Å². The van der Waals surface area contributed by atoms with Crippen LogP contribution < -0.4 is 16.9 Å². The Labute approximate surface area is 122 Å². The topological polar surface area (TPSA) is 122 Å². The molecule has 8 nitrogen and oxygen atoms in total. The van der Waals surface area contributed by atoms with E-state index in [4.69, 9.17) is 49.8 Å². The standard InChI is InChI=1S/C9H20Cl2N6O2/c10-4-1-2-6-18-16-9(14)15-17(8(12)13)19-7-3-5-11/h1-7H2,(H3,12,13)(H3,14,15,16). The van der Waals surface area contributed by atoms with Gasteiger partial charge in [0.25, 0.3) is 5.96 Å². The minimum absolute atomic E-state index is 0.0769. The Balaban J connectivity index is 3.97. The van der Waals surface area contributed by atoms with Crippen LogP contribution >= 0.6 is 23.2 Å². The zero-order chi connectivity index (χ0) is 14.5. The molecule has 0 aliphatic heterocycles. The van der Waals surface area contributed by atoms with Gasteiger partial charge in [-0.05, 0) is 24.4 Å². The highest BCUT2D eigenvalue weighted by atomic mass is 35.5. The van der Waals surface area contributed by atoms with E-state index in [0.29, 0.717) is 31.4 Å². The molecular weight excluding hydrogens is 295 g/mol. The van der Waals surface area contributed by atoms with E-state index < -0.39 is 0 Å². The van der Waals surface area contributed by atoms with Crippen LogP contribution in [0.4, 0.5) is 0 Å². The van der Waals surface area contributed by atoms with Gasteiger partial charge in [-0.3, -0.25) is 10.2 Å². The van der Waals surface area contributed by atoms with Crippen LogP contribution in [-0.2, 0) is 9.68 Å². The first-order chi connectivity index (χ1) is 9.11. The lowest BCUT2D eigenvalue weighted by molar-refractivity contribution is -0.123. The molecule has 6 N–H and O–H groups in total. The van der Waals surface area contributed by atoms with Crippen LogP contribution in [-0.4, -0.2) is 42.1 Å². The molecule has 0 aromatic heterocycles. The molecule has 19 heavy (non-hydrogen) atoms. The molecule has 0 fully saturated rings. The largest absolute Gasteiger partial charge is 0.393 e. The number of nitrogens with two attached hydrogens (primary N) is 2. The van der Waals surface area contributed by atoms with E-state index in [1.807, 2.05) is 0 Å². The first-order valence-electron chi connectivity index (χ1n) is 5.73. The maximum absolute atomic E-state index is 7.27. The average molecular weight is 315 g/mol. The predicted molar refractivity (Wildman–Crippen MR) is 75.7 cm³/mol. The number of hydroxylamine groups is 1. The van der Waals surface area contributed by atoms with E-state index in [1.165, 1.54) is 0 Å². The van der Waals surface area contributed by atoms with Crippen molar-refractivity contribution in [2.75, 3.05) is 25.0 Å². The summed E-state index contributed by atoms with van der Waals surface area (Å²) >= 11 is 11.0. The van der Waals surface area contributed by atoms with Crippen LogP contribution in [0, 0.1) is 5.41 Å². The van der Waals surface area contributed by atoms with Gasteiger partial charge >= 0.3 is 0 Å². The summed E-state index contributed by atoms with van der Waals surface area (Å²) in [6.07, 6.45) is 2.23. The highest BCUT2D eigenvalue weighted by molar-refractivity contribution is 6.18. The summed E-state index contributed by atoms with van der Waals surface area (Å²) in [6, 6.07) is 0. The summed E-state index contributed by atoms with van der Waals surface area (Å²) in [5.74, 6) is 0.577. The Morgan fingerprint density at radius 2 is 1.84 bits per heavy atom. The van der Waals surface area contributed by atoms with Crippen LogP contribution in [0.5, 0.6) is 0 Å². The third kappa shape index (κ3) is 10.5. The molecule has 0 aromatic carbocycles. The molecule has 0 saturated carbocycles. The van der Waals surface area contributed by atoms with Crippen molar-refractivity contribution in [3.05, 3.63) is 0 Å². The number of halogens is 2. The molecular formula is C9H20Cl2N6O2. The number of hydrogen-bond donors (Lipinski definition) is 4. The van der Waals surface area contributed by atoms with E-state index in [2.05, 4.69) is 10.6 Å². The van der Waals surface area contributed by atoms with Gasteiger partial charge in [0.05, 0.1) is 6.61 Å². The number of nitrogens with zero attached hydrogens (tertiary/aromatic N) is 2. The summed E-state index contributed by atoms with van der Waals surface area (Å²) in [5, 5.41) is 11.7. The maximum Gasteiger partial charge on any atom is 0.251 e.